The van der Waals surface area contributed by atoms with E-state index in [1.165, 1.54) is 0 Å². The van der Waals surface area contributed by atoms with E-state index in [1.807, 2.05) is 49.4 Å². The predicted octanol–water partition coefficient (Wildman–Crippen LogP) is 3.30. The van der Waals surface area contributed by atoms with Gasteiger partial charge in [-0.25, -0.2) is 5.43 Å². The second-order valence-electron chi connectivity index (χ2n) is 5.77. The number of hydrazone groups is 1. The molecule has 1 amide bonds. The lowest BCUT2D eigenvalue weighted by Gasteiger charge is -2.13. The maximum Gasteiger partial charge on any atom is 0.314 e. The minimum absolute atomic E-state index is 0.166. The van der Waals surface area contributed by atoms with Crippen molar-refractivity contribution in [2.75, 3.05) is 13.2 Å². The summed E-state index contributed by atoms with van der Waals surface area (Å²) in [6, 6.07) is 13.5. The molecule has 0 heterocycles. The lowest BCUT2D eigenvalue weighted by molar-refractivity contribution is -0.145. The molecule has 1 unspecified atom stereocenters. The largest absolute Gasteiger partial charge is 0.483 e. The first-order valence-corrected chi connectivity index (χ1v) is 8.67. The smallest absolute Gasteiger partial charge is 0.314 e. The van der Waals surface area contributed by atoms with Crippen LogP contribution in [0.5, 0.6) is 5.75 Å². The van der Waals surface area contributed by atoms with Crippen molar-refractivity contribution >= 4 is 28.4 Å². The van der Waals surface area contributed by atoms with Gasteiger partial charge >= 0.3 is 5.97 Å². The summed E-state index contributed by atoms with van der Waals surface area (Å²) in [5.74, 6) is -0.556. The number of carbonyl (C=O) groups is 2. The number of hydrogen-bond acceptors (Lipinski definition) is 5. The van der Waals surface area contributed by atoms with Crippen molar-refractivity contribution in [1.82, 2.24) is 5.43 Å². The lowest BCUT2D eigenvalue weighted by atomic mass is 10.0. The van der Waals surface area contributed by atoms with Crippen molar-refractivity contribution in [2.24, 2.45) is 11.0 Å². The fourth-order valence-electron chi connectivity index (χ4n) is 2.60. The number of ether oxygens (including phenoxy) is 2. The minimum Gasteiger partial charge on any atom is -0.483 e. The van der Waals surface area contributed by atoms with E-state index in [2.05, 4.69) is 10.5 Å². The summed E-state index contributed by atoms with van der Waals surface area (Å²) in [6.07, 6.45) is 0.552. The number of benzene rings is 2. The molecule has 0 fully saturated rings. The van der Waals surface area contributed by atoms with Gasteiger partial charge in [-0.2, -0.15) is 5.10 Å². The van der Waals surface area contributed by atoms with Gasteiger partial charge in [0.05, 0.1) is 12.5 Å². The normalized spacial score (nSPS) is 12.5. The number of fused-ring (bicyclic) bond motifs is 1. The van der Waals surface area contributed by atoms with E-state index in [4.69, 9.17) is 9.47 Å². The van der Waals surface area contributed by atoms with Gasteiger partial charge in [0.2, 0.25) is 0 Å². The van der Waals surface area contributed by atoms with E-state index in [0.717, 1.165) is 10.8 Å². The van der Waals surface area contributed by atoms with Crippen LogP contribution in [0.4, 0.5) is 0 Å². The molecule has 0 spiro atoms. The van der Waals surface area contributed by atoms with Gasteiger partial charge in [-0.05, 0) is 31.7 Å². The molecule has 0 saturated carbocycles. The van der Waals surface area contributed by atoms with E-state index in [9.17, 15) is 9.59 Å². The van der Waals surface area contributed by atoms with Crippen LogP contribution >= 0.6 is 0 Å². The summed E-state index contributed by atoms with van der Waals surface area (Å²) in [5, 5.41) is 5.99. The van der Waals surface area contributed by atoms with Crippen LogP contribution in [0.25, 0.3) is 10.8 Å². The summed E-state index contributed by atoms with van der Waals surface area (Å²) < 4.78 is 10.6. The van der Waals surface area contributed by atoms with Gasteiger partial charge in [0.15, 0.2) is 6.61 Å². The molecule has 0 aliphatic heterocycles. The highest BCUT2D eigenvalue weighted by molar-refractivity contribution is 6.01. The molecule has 0 saturated heterocycles. The first-order chi connectivity index (χ1) is 12.6. The van der Waals surface area contributed by atoms with Crippen LogP contribution in [0.15, 0.2) is 47.6 Å². The Morgan fingerprint density at radius 3 is 2.58 bits per heavy atom. The third-order valence-electron chi connectivity index (χ3n) is 3.95. The molecule has 0 bridgehead atoms. The van der Waals surface area contributed by atoms with Crippen molar-refractivity contribution in [1.29, 1.82) is 0 Å². The number of esters is 1. The molecule has 6 heteroatoms. The number of nitrogens with one attached hydrogen (secondary N) is 1. The fourth-order valence-corrected chi connectivity index (χ4v) is 2.60. The van der Waals surface area contributed by atoms with Gasteiger partial charge in [-0.3, -0.25) is 9.59 Å². The number of amides is 1. The first kappa shape index (κ1) is 19.4. The van der Waals surface area contributed by atoms with Crippen molar-refractivity contribution in [3.05, 3.63) is 42.5 Å². The number of hydrogen-bond donors (Lipinski definition) is 1. The number of nitrogens with zero attached hydrogens (tertiary/aromatic N) is 1. The van der Waals surface area contributed by atoms with E-state index in [0.29, 0.717) is 24.5 Å². The highest BCUT2D eigenvalue weighted by Gasteiger charge is 2.21. The van der Waals surface area contributed by atoms with Crippen LogP contribution in [0.3, 0.4) is 0 Å². The maximum absolute atomic E-state index is 12.0. The summed E-state index contributed by atoms with van der Waals surface area (Å²) >= 11 is 0. The molecule has 0 aliphatic rings. The standard InChI is InChI=1S/C20H24N2O4/c1-4-16(20(24)25-5-2)14(3)21-22-19(23)13-26-18-12-8-10-15-9-6-7-11-17(15)18/h6-12,16H,4-5,13H2,1-3H3,(H,22,23). The van der Waals surface area contributed by atoms with E-state index < -0.39 is 11.8 Å². The zero-order valence-electron chi connectivity index (χ0n) is 15.3. The van der Waals surface area contributed by atoms with Gasteiger partial charge in [0, 0.05) is 11.1 Å². The second-order valence-corrected chi connectivity index (χ2v) is 5.77. The number of rotatable bonds is 8. The molecular weight excluding hydrogens is 332 g/mol. The maximum atomic E-state index is 12.0. The molecule has 0 radical (unpaired) electrons. The monoisotopic (exact) mass is 356 g/mol. The Balaban J connectivity index is 1.94. The lowest BCUT2D eigenvalue weighted by Crippen LogP contribution is -2.29. The molecule has 2 aromatic rings. The average molecular weight is 356 g/mol. The molecule has 0 aliphatic carbocycles. The summed E-state index contributed by atoms with van der Waals surface area (Å²) in [7, 11) is 0. The Bertz CT molecular complexity index is 796. The van der Waals surface area contributed by atoms with Crippen LogP contribution in [0.2, 0.25) is 0 Å². The van der Waals surface area contributed by atoms with Crippen molar-refractivity contribution in [3.8, 4) is 5.75 Å². The molecule has 0 aromatic heterocycles. The molecular formula is C20H24N2O4. The van der Waals surface area contributed by atoms with Crippen LogP contribution in [0, 0.1) is 5.92 Å². The second kappa shape index (κ2) is 9.56. The SMILES string of the molecule is CCOC(=O)C(CC)C(C)=NNC(=O)COc1cccc2ccccc12. The average Bonchev–Trinajstić information content (AvgIpc) is 2.65. The number of carbonyl (C=O) groups excluding carboxylic acids is 2. The van der Waals surface area contributed by atoms with Gasteiger partial charge < -0.3 is 9.47 Å². The van der Waals surface area contributed by atoms with Crippen molar-refractivity contribution < 1.29 is 19.1 Å². The minimum atomic E-state index is -0.464. The van der Waals surface area contributed by atoms with Gasteiger partial charge in [-0.15, -0.1) is 0 Å². The summed E-state index contributed by atoms with van der Waals surface area (Å²) in [4.78, 5) is 23.9. The first-order valence-electron chi connectivity index (χ1n) is 8.67. The van der Waals surface area contributed by atoms with Gasteiger partial charge in [0.25, 0.3) is 5.91 Å². The topological polar surface area (TPSA) is 77.0 Å². The molecule has 6 nitrogen and oxygen atoms in total. The van der Waals surface area contributed by atoms with Crippen molar-refractivity contribution in [2.45, 2.75) is 27.2 Å². The Morgan fingerprint density at radius 1 is 1.12 bits per heavy atom. The van der Waals surface area contributed by atoms with Crippen LogP contribution in [0.1, 0.15) is 27.2 Å². The van der Waals surface area contributed by atoms with E-state index >= 15 is 0 Å². The quantitative estimate of drug-likeness (QED) is 0.447. The van der Waals surface area contributed by atoms with Crippen LogP contribution < -0.4 is 10.2 Å². The predicted molar refractivity (Wildman–Crippen MR) is 101 cm³/mol. The zero-order chi connectivity index (χ0) is 18.9. The van der Waals surface area contributed by atoms with Crippen LogP contribution in [-0.2, 0) is 14.3 Å². The molecule has 1 atom stereocenters. The highest BCUT2D eigenvalue weighted by Crippen LogP contribution is 2.24. The third kappa shape index (κ3) is 5.05. The third-order valence-corrected chi connectivity index (χ3v) is 3.95. The van der Waals surface area contributed by atoms with Crippen LogP contribution in [-0.4, -0.2) is 30.8 Å². The Labute approximate surface area is 153 Å². The molecule has 1 N–H and O–H groups in total. The zero-order valence-corrected chi connectivity index (χ0v) is 15.3. The van der Waals surface area contributed by atoms with Gasteiger partial charge in [0.1, 0.15) is 5.75 Å². The highest BCUT2D eigenvalue weighted by atomic mass is 16.5. The van der Waals surface area contributed by atoms with E-state index in [-0.39, 0.29) is 12.6 Å². The summed E-state index contributed by atoms with van der Waals surface area (Å²) in [6.45, 7) is 5.46. The Morgan fingerprint density at radius 2 is 1.85 bits per heavy atom. The van der Waals surface area contributed by atoms with E-state index in [1.54, 1.807) is 13.8 Å². The van der Waals surface area contributed by atoms with Gasteiger partial charge in [-0.1, -0.05) is 43.3 Å². The Hall–Kier alpha value is -2.89. The fraction of sp³-hybridized carbons (Fsp3) is 0.350. The molecule has 138 valence electrons. The molecule has 26 heavy (non-hydrogen) atoms. The Kier molecular flexibility index (Phi) is 7.14. The summed E-state index contributed by atoms with van der Waals surface area (Å²) in [5.41, 5.74) is 2.93. The molecule has 2 aromatic carbocycles. The molecule has 2 rings (SSSR count). The van der Waals surface area contributed by atoms with Crippen molar-refractivity contribution in [3.63, 3.8) is 0 Å².